The Labute approximate surface area is 204 Å². The zero-order chi connectivity index (χ0) is 20.8. The lowest BCUT2D eigenvalue weighted by Gasteiger charge is -2.36. The second-order valence-corrected chi connectivity index (χ2v) is 9.19. The number of nitrogens with zero attached hydrogens (tertiary/aromatic N) is 3. The fraction of sp³-hybridized carbons (Fsp3) is 0.708. The molecule has 2 aliphatic heterocycles. The third-order valence-corrected chi connectivity index (χ3v) is 7.28. The minimum Gasteiger partial charge on any atom is -0.385 e. The molecule has 174 valence electrons. The standard InChI is InChI=1S/C24H38N4O2.HI/c1-25-23(26-19-24(12-14-29-2)10-6-7-11-24)28-17-21-22(18-28)30-15-13-27(21)16-20-8-4-3-5-9-20;/h3-5,8-9,21-22H,6-7,10-19H2,1-2H3,(H,25,26);1H. The van der Waals surface area contributed by atoms with Crippen LogP contribution in [0.1, 0.15) is 37.7 Å². The fourth-order valence-corrected chi connectivity index (χ4v) is 5.50. The predicted molar refractivity (Wildman–Crippen MR) is 136 cm³/mol. The topological polar surface area (TPSA) is 49.3 Å². The first-order valence-electron chi connectivity index (χ1n) is 11.6. The smallest absolute Gasteiger partial charge is 0.193 e. The molecule has 4 rings (SSSR count). The van der Waals surface area contributed by atoms with Gasteiger partial charge in [0.1, 0.15) is 0 Å². The maximum Gasteiger partial charge on any atom is 0.193 e. The van der Waals surface area contributed by atoms with Gasteiger partial charge in [-0.3, -0.25) is 9.89 Å². The van der Waals surface area contributed by atoms with Crippen molar-refractivity contribution in [1.82, 2.24) is 15.1 Å². The van der Waals surface area contributed by atoms with E-state index >= 15 is 0 Å². The summed E-state index contributed by atoms with van der Waals surface area (Å²) in [7, 11) is 3.71. The molecule has 1 saturated carbocycles. The third kappa shape index (κ3) is 6.12. The van der Waals surface area contributed by atoms with E-state index in [0.717, 1.165) is 58.3 Å². The molecule has 2 unspecified atom stereocenters. The Balaban J connectivity index is 0.00000272. The predicted octanol–water partition coefficient (Wildman–Crippen LogP) is 3.36. The van der Waals surface area contributed by atoms with Crippen molar-refractivity contribution in [2.75, 3.05) is 53.6 Å². The number of hydrogen-bond acceptors (Lipinski definition) is 4. The van der Waals surface area contributed by atoms with Gasteiger partial charge >= 0.3 is 0 Å². The summed E-state index contributed by atoms with van der Waals surface area (Å²) in [6, 6.07) is 11.2. The highest BCUT2D eigenvalue weighted by Gasteiger charge is 2.41. The van der Waals surface area contributed by atoms with E-state index < -0.39 is 0 Å². The number of rotatable bonds is 7. The highest BCUT2D eigenvalue weighted by atomic mass is 127. The van der Waals surface area contributed by atoms with Gasteiger partial charge in [-0.25, -0.2) is 0 Å². The van der Waals surface area contributed by atoms with E-state index in [2.05, 4.69) is 50.4 Å². The van der Waals surface area contributed by atoms with Crippen LogP contribution in [0.2, 0.25) is 0 Å². The molecule has 1 aromatic rings. The highest BCUT2D eigenvalue weighted by Crippen LogP contribution is 2.40. The van der Waals surface area contributed by atoms with Crippen LogP contribution in [0.5, 0.6) is 0 Å². The Bertz CT molecular complexity index is 696. The van der Waals surface area contributed by atoms with Crippen molar-refractivity contribution < 1.29 is 9.47 Å². The SMILES string of the molecule is CN=C(NCC1(CCOC)CCCC1)N1CC2OCCN(Cc3ccccc3)C2C1.I. The van der Waals surface area contributed by atoms with Crippen LogP contribution in [0, 0.1) is 5.41 Å². The summed E-state index contributed by atoms with van der Waals surface area (Å²) in [5, 5.41) is 3.72. The summed E-state index contributed by atoms with van der Waals surface area (Å²) in [4.78, 5) is 9.63. The molecular formula is C24H39IN4O2. The van der Waals surface area contributed by atoms with E-state index in [-0.39, 0.29) is 30.1 Å². The Morgan fingerprint density at radius 1 is 1.23 bits per heavy atom. The molecule has 2 heterocycles. The van der Waals surface area contributed by atoms with Crippen molar-refractivity contribution in [3.05, 3.63) is 35.9 Å². The summed E-state index contributed by atoms with van der Waals surface area (Å²) >= 11 is 0. The molecule has 1 N–H and O–H groups in total. The van der Waals surface area contributed by atoms with Crippen LogP contribution in [0.3, 0.4) is 0 Å². The van der Waals surface area contributed by atoms with E-state index in [1.165, 1.54) is 31.2 Å². The van der Waals surface area contributed by atoms with Crippen molar-refractivity contribution in [1.29, 1.82) is 0 Å². The monoisotopic (exact) mass is 542 g/mol. The lowest BCUT2D eigenvalue weighted by molar-refractivity contribution is -0.0502. The Morgan fingerprint density at radius 2 is 2.00 bits per heavy atom. The van der Waals surface area contributed by atoms with Crippen LogP contribution in [-0.4, -0.2) is 81.5 Å². The van der Waals surface area contributed by atoms with Gasteiger partial charge in [0.2, 0.25) is 0 Å². The summed E-state index contributed by atoms with van der Waals surface area (Å²) < 4.78 is 11.6. The number of hydrogen-bond donors (Lipinski definition) is 1. The number of nitrogens with one attached hydrogen (secondary N) is 1. The van der Waals surface area contributed by atoms with Gasteiger partial charge in [0.05, 0.1) is 18.8 Å². The molecule has 0 bridgehead atoms. The quantitative estimate of drug-likeness (QED) is 0.326. The molecule has 0 radical (unpaired) electrons. The molecule has 0 spiro atoms. The number of methoxy groups -OCH3 is 1. The number of fused-ring (bicyclic) bond motifs is 1. The zero-order valence-electron chi connectivity index (χ0n) is 19.1. The number of morpholine rings is 1. The van der Waals surface area contributed by atoms with E-state index in [9.17, 15) is 0 Å². The molecule has 1 aromatic carbocycles. The Kier molecular flexibility index (Phi) is 9.43. The lowest BCUT2D eigenvalue weighted by atomic mass is 9.83. The van der Waals surface area contributed by atoms with Gasteiger partial charge in [0, 0.05) is 53.5 Å². The molecule has 31 heavy (non-hydrogen) atoms. The molecule has 0 aromatic heterocycles. The van der Waals surface area contributed by atoms with Crippen LogP contribution in [0.15, 0.2) is 35.3 Å². The summed E-state index contributed by atoms with van der Waals surface area (Å²) in [5.74, 6) is 1.02. The maximum absolute atomic E-state index is 6.16. The number of benzene rings is 1. The molecule has 3 fully saturated rings. The molecule has 0 amide bonds. The van der Waals surface area contributed by atoms with Gasteiger partial charge in [-0.15, -0.1) is 24.0 Å². The van der Waals surface area contributed by atoms with Gasteiger partial charge in [0.25, 0.3) is 0 Å². The molecule has 1 aliphatic carbocycles. The van der Waals surface area contributed by atoms with E-state index in [0.29, 0.717) is 11.5 Å². The van der Waals surface area contributed by atoms with Crippen molar-refractivity contribution in [3.63, 3.8) is 0 Å². The van der Waals surface area contributed by atoms with Gasteiger partial charge in [0.15, 0.2) is 5.96 Å². The van der Waals surface area contributed by atoms with Crippen LogP contribution in [-0.2, 0) is 16.0 Å². The van der Waals surface area contributed by atoms with Crippen molar-refractivity contribution in [3.8, 4) is 0 Å². The molecule has 2 saturated heterocycles. The summed E-state index contributed by atoms with van der Waals surface area (Å²) in [6.07, 6.45) is 6.64. The van der Waals surface area contributed by atoms with Gasteiger partial charge in [-0.05, 0) is 30.2 Å². The average molecular weight is 543 g/mol. The van der Waals surface area contributed by atoms with Gasteiger partial charge < -0.3 is 19.7 Å². The average Bonchev–Trinajstić information content (AvgIpc) is 3.42. The minimum atomic E-state index is 0. The lowest BCUT2D eigenvalue weighted by Crippen LogP contribution is -2.50. The molecule has 2 atom stereocenters. The second-order valence-electron chi connectivity index (χ2n) is 9.19. The molecule has 3 aliphatic rings. The molecule has 7 heteroatoms. The summed E-state index contributed by atoms with van der Waals surface area (Å²) in [5.41, 5.74) is 1.73. The number of halogens is 1. The molecule has 6 nitrogen and oxygen atoms in total. The number of guanidine groups is 1. The zero-order valence-corrected chi connectivity index (χ0v) is 21.4. The number of ether oxygens (including phenoxy) is 2. The molecular weight excluding hydrogens is 503 g/mol. The first-order chi connectivity index (χ1) is 14.7. The Hall–Kier alpha value is -0.900. The minimum absolute atomic E-state index is 0. The van der Waals surface area contributed by atoms with E-state index in [4.69, 9.17) is 9.47 Å². The van der Waals surface area contributed by atoms with Gasteiger partial charge in [-0.1, -0.05) is 43.2 Å². The number of aliphatic imine (C=N–C) groups is 1. The Morgan fingerprint density at radius 3 is 2.71 bits per heavy atom. The van der Waals surface area contributed by atoms with Crippen molar-refractivity contribution >= 4 is 29.9 Å². The van der Waals surface area contributed by atoms with Crippen LogP contribution >= 0.6 is 24.0 Å². The second kappa shape index (κ2) is 11.8. The van der Waals surface area contributed by atoms with Crippen LogP contribution < -0.4 is 5.32 Å². The normalized spacial score (nSPS) is 25.9. The van der Waals surface area contributed by atoms with Crippen molar-refractivity contribution in [2.45, 2.75) is 50.8 Å². The largest absolute Gasteiger partial charge is 0.385 e. The van der Waals surface area contributed by atoms with E-state index in [1.54, 1.807) is 0 Å². The summed E-state index contributed by atoms with van der Waals surface area (Å²) in [6.45, 7) is 6.53. The van der Waals surface area contributed by atoms with Crippen LogP contribution in [0.25, 0.3) is 0 Å². The first-order valence-corrected chi connectivity index (χ1v) is 11.6. The maximum atomic E-state index is 6.16. The van der Waals surface area contributed by atoms with Crippen molar-refractivity contribution in [2.24, 2.45) is 10.4 Å². The highest BCUT2D eigenvalue weighted by molar-refractivity contribution is 14.0. The number of likely N-dealkylation sites (tertiary alicyclic amines) is 1. The third-order valence-electron chi connectivity index (χ3n) is 7.28. The van der Waals surface area contributed by atoms with Gasteiger partial charge in [-0.2, -0.15) is 0 Å². The van der Waals surface area contributed by atoms with Crippen LogP contribution in [0.4, 0.5) is 0 Å². The first kappa shape index (κ1) is 24.7. The fourth-order valence-electron chi connectivity index (χ4n) is 5.50. The van der Waals surface area contributed by atoms with E-state index in [1.807, 2.05) is 14.2 Å².